The van der Waals surface area contributed by atoms with Crippen molar-refractivity contribution >= 4 is 11.7 Å². The van der Waals surface area contributed by atoms with Crippen molar-refractivity contribution in [3.8, 4) is 18.1 Å². The third-order valence-electron chi connectivity index (χ3n) is 3.94. The second-order valence-corrected chi connectivity index (χ2v) is 5.70. The van der Waals surface area contributed by atoms with Crippen LogP contribution in [0.3, 0.4) is 0 Å². The third-order valence-corrected chi connectivity index (χ3v) is 3.94. The van der Waals surface area contributed by atoms with E-state index in [0.29, 0.717) is 24.5 Å². The molecule has 25 heavy (non-hydrogen) atoms. The number of carbonyl (C=O) groups excluding carboxylic acids is 1. The zero-order chi connectivity index (χ0) is 17.5. The molecule has 2 heterocycles. The Morgan fingerprint density at radius 2 is 2.16 bits per heavy atom. The molecule has 1 saturated heterocycles. The van der Waals surface area contributed by atoms with Crippen molar-refractivity contribution in [2.24, 2.45) is 0 Å². The molecule has 2 amide bonds. The Bertz CT molecular complexity index is 731. The van der Waals surface area contributed by atoms with Crippen molar-refractivity contribution in [1.29, 1.82) is 0 Å². The maximum absolute atomic E-state index is 12.4. The van der Waals surface area contributed by atoms with Crippen LogP contribution in [0.1, 0.15) is 5.69 Å². The maximum Gasteiger partial charge on any atom is 0.321 e. The molecule has 1 aromatic heterocycles. The van der Waals surface area contributed by atoms with Crippen molar-refractivity contribution in [2.75, 3.05) is 38.1 Å². The smallest absolute Gasteiger partial charge is 0.321 e. The molecule has 1 fully saturated rings. The molecular formula is C18H20N4O3. The van der Waals surface area contributed by atoms with Crippen molar-refractivity contribution in [2.45, 2.75) is 6.54 Å². The number of nitrogens with one attached hydrogen (secondary N) is 1. The molecular weight excluding hydrogens is 320 g/mol. The van der Waals surface area contributed by atoms with Gasteiger partial charge in [-0.05, 0) is 12.1 Å². The summed E-state index contributed by atoms with van der Waals surface area (Å²) in [5, 5.41) is 6.81. The molecule has 1 N–H and O–H groups in total. The summed E-state index contributed by atoms with van der Waals surface area (Å²) in [6.45, 7) is 3.86. The first-order valence-electron chi connectivity index (χ1n) is 8.08. The molecule has 3 rings (SSSR count). The second kappa shape index (κ2) is 8.22. The quantitative estimate of drug-likeness (QED) is 0.844. The van der Waals surface area contributed by atoms with Crippen molar-refractivity contribution < 1.29 is 14.1 Å². The van der Waals surface area contributed by atoms with Gasteiger partial charge in [0.05, 0.1) is 5.69 Å². The van der Waals surface area contributed by atoms with Crippen molar-refractivity contribution in [3.63, 3.8) is 0 Å². The van der Waals surface area contributed by atoms with Crippen LogP contribution in [0.4, 0.5) is 10.5 Å². The Labute approximate surface area is 146 Å². The standard InChI is InChI=1S/C18H20N4O3/c1-2-11-24-17-5-3-4-15(13-17)19-18(23)22-9-7-21(8-10-22)14-16-6-12-25-20-16/h1,3-6,12-13H,7-11,14H2,(H,19,23). The van der Waals surface area contributed by atoms with E-state index in [1.54, 1.807) is 23.3 Å². The van der Waals surface area contributed by atoms with Crippen molar-refractivity contribution in [3.05, 3.63) is 42.3 Å². The van der Waals surface area contributed by atoms with Gasteiger partial charge in [-0.3, -0.25) is 4.90 Å². The van der Waals surface area contributed by atoms with E-state index in [4.69, 9.17) is 15.7 Å². The van der Waals surface area contributed by atoms with Gasteiger partial charge in [-0.15, -0.1) is 6.42 Å². The Kier molecular flexibility index (Phi) is 5.54. The van der Waals surface area contributed by atoms with Gasteiger partial charge in [-0.2, -0.15) is 0 Å². The fourth-order valence-electron chi connectivity index (χ4n) is 2.65. The number of aromatic nitrogens is 1. The molecule has 0 saturated carbocycles. The number of terminal acetylenes is 1. The number of urea groups is 1. The lowest BCUT2D eigenvalue weighted by atomic mass is 10.3. The van der Waals surface area contributed by atoms with Gasteiger partial charge in [-0.25, -0.2) is 4.79 Å². The van der Waals surface area contributed by atoms with Crippen LogP contribution in [0, 0.1) is 12.3 Å². The number of hydrogen-bond donors (Lipinski definition) is 1. The predicted molar refractivity (Wildman–Crippen MR) is 93.1 cm³/mol. The lowest BCUT2D eigenvalue weighted by Gasteiger charge is -2.34. The van der Waals surface area contributed by atoms with Gasteiger partial charge in [0.25, 0.3) is 0 Å². The largest absolute Gasteiger partial charge is 0.481 e. The zero-order valence-corrected chi connectivity index (χ0v) is 13.9. The fraction of sp³-hybridized carbons (Fsp3) is 0.333. The van der Waals surface area contributed by atoms with E-state index in [-0.39, 0.29) is 12.6 Å². The number of nitrogens with zero attached hydrogens (tertiary/aromatic N) is 3. The molecule has 0 bridgehead atoms. The van der Waals surface area contributed by atoms with Gasteiger partial charge < -0.3 is 19.5 Å². The summed E-state index contributed by atoms with van der Waals surface area (Å²) in [6, 6.07) is 8.94. The van der Waals surface area contributed by atoms with Crippen LogP contribution in [0.25, 0.3) is 0 Å². The monoisotopic (exact) mass is 340 g/mol. The van der Waals surface area contributed by atoms with E-state index in [2.05, 4.69) is 21.3 Å². The zero-order valence-electron chi connectivity index (χ0n) is 13.9. The number of carbonyl (C=O) groups is 1. The number of amides is 2. The van der Waals surface area contributed by atoms with Gasteiger partial charge in [0.2, 0.25) is 0 Å². The normalized spacial score (nSPS) is 14.8. The lowest BCUT2D eigenvalue weighted by Crippen LogP contribution is -2.49. The van der Waals surface area contributed by atoms with Gasteiger partial charge in [0.15, 0.2) is 0 Å². The SMILES string of the molecule is C#CCOc1cccc(NC(=O)N2CCN(Cc3ccon3)CC2)c1. The Morgan fingerprint density at radius 3 is 2.88 bits per heavy atom. The molecule has 1 aromatic carbocycles. The third kappa shape index (κ3) is 4.75. The van der Waals surface area contributed by atoms with Crippen LogP contribution in [0.5, 0.6) is 5.75 Å². The summed E-state index contributed by atoms with van der Waals surface area (Å²) in [4.78, 5) is 16.5. The molecule has 0 spiro atoms. The molecule has 0 aliphatic carbocycles. The van der Waals surface area contributed by atoms with Gasteiger partial charge in [0, 0.05) is 50.5 Å². The van der Waals surface area contributed by atoms with Crippen LogP contribution < -0.4 is 10.1 Å². The lowest BCUT2D eigenvalue weighted by molar-refractivity contribution is 0.141. The van der Waals surface area contributed by atoms with Crippen LogP contribution in [0.15, 0.2) is 41.1 Å². The molecule has 0 unspecified atom stereocenters. The number of piperazine rings is 1. The number of anilines is 1. The highest BCUT2D eigenvalue weighted by Gasteiger charge is 2.21. The Morgan fingerprint density at radius 1 is 1.32 bits per heavy atom. The molecule has 7 nitrogen and oxygen atoms in total. The first-order valence-corrected chi connectivity index (χ1v) is 8.08. The minimum absolute atomic E-state index is 0.116. The van der Waals surface area contributed by atoms with E-state index in [9.17, 15) is 4.79 Å². The first kappa shape index (κ1) is 16.9. The van der Waals surface area contributed by atoms with Crippen LogP contribution in [-0.4, -0.2) is 53.8 Å². The van der Waals surface area contributed by atoms with Crippen LogP contribution in [0.2, 0.25) is 0 Å². The number of hydrogen-bond acceptors (Lipinski definition) is 5. The summed E-state index contributed by atoms with van der Waals surface area (Å²) in [5.74, 6) is 3.05. The highest BCUT2D eigenvalue weighted by molar-refractivity contribution is 5.89. The van der Waals surface area contributed by atoms with E-state index >= 15 is 0 Å². The molecule has 0 radical (unpaired) electrons. The second-order valence-electron chi connectivity index (χ2n) is 5.70. The molecule has 130 valence electrons. The summed E-state index contributed by atoms with van der Waals surface area (Å²) < 4.78 is 10.2. The van der Waals surface area contributed by atoms with E-state index in [0.717, 1.165) is 25.3 Å². The predicted octanol–water partition coefficient (Wildman–Crippen LogP) is 2.04. The first-order chi connectivity index (χ1) is 12.2. The average Bonchev–Trinajstić information content (AvgIpc) is 3.14. The van der Waals surface area contributed by atoms with Gasteiger partial charge in [0.1, 0.15) is 18.6 Å². The van der Waals surface area contributed by atoms with Gasteiger partial charge in [-0.1, -0.05) is 17.1 Å². The van der Waals surface area contributed by atoms with Crippen LogP contribution >= 0.6 is 0 Å². The maximum atomic E-state index is 12.4. The summed E-state index contributed by atoms with van der Waals surface area (Å²) in [7, 11) is 0. The number of ether oxygens (including phenoxy) is 1. The Balaban J connectivity index is 1.48. The minimum atomic E-state index is -0.116. The summed E-state index contributed by atoms with van der Waals surface area (Å²) in [5.41, 5.74) is 1.59. The highest BCUT2D eigenvalue weighted by atomic mass is 16.5. The molecule has 7 heteroatoms. The van der Waals surface area contributed by atoms with E-state index in [1.165, 1.54) is 0 Å². The highest BCUT2D eigenvalue weighted by Crippen LogP contribution is 2.18. The van der Waals surface area contributed by atoms with E-state index in [1.807, 2.05) is 18.2 Å². The van der Waals surface area contributed by atoms with Crippen molar-refractivity contribution in [1.82, 2.24) is 15.0 Å². The topological polar surface area (TPSA) is 70.8 Å². The molecule has 1 aliphatic rings. The number of rotatable bonds is 5. The fourth-order valence-corrected chi connectivity index (χ4v) is 2.65. The summed E-state index contributed by atoms with van der Waals surface area (Å²) >= 11 is 0. The van der Waals surface area contributed by atoms with E-state index < -0.39 is 0 Å². The molecule has 0 atom stereocenters. The Hall–Kier alpha value is -2.98. The van der Waals surface area contributed by atoms with Gasteiger partial charge >= 0.3 is 6.03 Å². The molecule has 1 aliphatic heterocycles. The summed E-state index contributed by atoms with van der Waals surface area (Å²) in [6.07, 6.45) is 6.75. The molecule has 2 aromatic rings. The van der Waals surface area contributed by atoms with Crippen LogP contribution in [-0.2, 0) is 6.54 Å². The number of benzene rings is 1. The average molecular weight is 340 g/mol. The minimum Gasteiger partial charge on any atom is -0.481 e.